The van der Waals surface area contributed by atoms with Gasteiger partial charge in [0.1, 0.15) is 18.1 Å². The average Bonchev–Trinajstić information content (AvgIpc) is 2.58. The SMILES string of the molecule is CCOCCOc1ccc(C#Cc2ccc(OC)cc2)cc1. The highest BCUT2D eigenvalue weighted by Gasteiger charge is 1.94. The Balaban J connectivity index is 1.92. The minimum Gasteiger partial charge on any atom is -0.497 e. The summed E-state index contributed by atoms with van der Waals surface area (Å²) in [6.45, 7) is 3.85. The smallest absolute Gasteiger partial charge is 0.119 e. The third-order valence-corrected chi connectivity index (χ3v) is 3.00. The molecule has 0 saturated heterocycles. The number of hydrogen-bond donors (Lipinski definition) is 0. The monoisotopic (exact) mass is 296 g/mol. The minimum atomic E-state index is 0.560. The Bertz CT molecular complexity index is 618. The highest BCUT2D eigenvalue weighted by molar-refractivity contribution is 5.45. The summed E-state index contributed by atoms with van der Waals surface area (Å²) < 4.78 is 15.9. The number of benzene rings is 2. The maximum absolute atomic E-state index is 5.56. The Morgan fingerprint density at radius 1 is 0.773 bits per heavy atom. The zero-order valence-corrected chi connectivity index (χ0v) is 13.0. The van der Waals surface area contributed by atoms with E-state index in [1.807, 2.05) is 55.5 Å². The Morgan fingerprint density at radius 3 is 1.82 bits per heavy atom. The van der Waals surface area contributed by atoms with Gasteiger partial charge in [-0.25, -0.2) is 0 Å². The summed E-state index contributed by atoms with van der Waals surface area (Å²) in [5.74, 6) is 7.92. The number of methoxy groups -OCH3 is 1. The topological polar surface area (TPSA) is 27.7 Å². The van der Waals surface area contributed by atoms with Gasteiger partial charge < -0.3 is 14.2 Å². The summed E-state index contributed by atoms with van der Waals surface area (Å²) in [5.41, 5.74) is 1.91. The largest absolute Gasteiger partial charge is 0.497 e. The van der Waals surface area contributed by atoms with Crippen molar-refractivity contribution < 1.29 is 14.2 Å². The van der Waals surface area contributed by atoms with Gasteiger partial charge in [-0.3, -0.25) is 0 Å². The highest BCUT2D eigenvalue weighted by Crippen LogP contribution is 2.13. The molecule has 2 aromatic carbocycles. The Kier molecular flexibility index (Phi) is 6.35. The molecule has 2 aromatic rings. The molecule has 0 unspecified atom stereocenters. The molecule has 0 N–H and O–H groups in total. The normalized spacial score (nSPS) is 9.73. The quantitative estimate of drug-likeness (QED) is 0.603. The molecule has 0 heterocycles. The fraction of sp³-hybridized carbons (Fsp3) is 0.263. The van der Waals surface area contributed by atoms with E-state index >= 15 is 0 Å². The maximum atomic E-state index is 5.56. The summed E-state index contributed by atoms with van der Waals surface area (Å²) >= 11 is 0. The molecule has 3 nitrogen and oxygen atoms in total. The molecule has 0 bridgehead atoms. The van der Waals surface area contributed by atoms with Gasteiger partial charge in [0.15, 0.2) is 0 Å². The second kappa shape index (κ2) is 8.76. The van der Waals surface area contributed by atoms with Crippen LogP contribution in [-0.4, -0.2) is 26.9 Å². The molecular formula is C19H20O3. The van der Waals surface area contributed by atoms with Crippen LogP contribution in [0.2, 0.25) is 0 Å². The van der Waals surface area contributed by atoms with Crippen molar-refractivity contribution >= 4 is 0 Å². The average molecular weight is 296 g/mol. The number of ether oxygens (including phenoxy) is 3. The zero-order valence-electron chi connectivity index (χ0n) is 13.0. The lowest BCUT2D eigenvalue weighted by Gasteiger charge is -2.05. The van der Waals surface area contributed by atoms with Gasteiger partial charge in [0.2, 0.25) is 0 Å². The molecule has 114 valence electrons. The van der Waals surface area contributed by atoms with Crippen molar-refractivity contribution in [2.75, 3.05) is 26.9 Å². The summed E-state index contributed by atoms with van der Waals surface area (Å²) in [6, 6.07) is 15.4. The second-order valence-corrected chi connectivity index (χ2v) is 4.55. The van der Waals surface area contributed by atoms with Gasteiger partial charge in [-0.2, -0.15) is 0 Å². The first kappa shape index (κ1) is 15.9. The van der Waals surface area contributed by atoms with Crippen molar-refractivity contribution in [1.29, 1.82) is 0 Å². The van der Waals surface area contributed by atoms with Crippen LogP contribution in [0.25, 0.3) is 0 Å². The van der Waals surface area contributed by atoms with Crippen LogP contribution in [-0.2, 0) is 4.74 Å². The molecule has 0 spiro atoms. The van der Waals surface area contributed by atoms with Gasteiger partial charge in [-0.05, 0) is 55.5 Å². The molecule has 0 aromatic heterocycles. The van der Waals surface area contributed by atoms with Crippen LogP contribution in [0.3, 0.4) is 0 Å². The Labute approximate surface area is 131 Å². The van der Waals surface area contributed by atoms with E-state index in [-0.39, 0.29) is 0 Å². The van der Waals surface area contributed by atoms with Crippen molar-refractivity contribution in [3.8, 4) is 23.3 Å². The van der Waals surface area contributed by atoms with Gasteiger partial charge in [0, 0.05) is 17.7 Å². The second-order valence-electron chi connectivity index (χ2n) is 4.55. The zero-order chi connectivity index (χ0) is 15.6. The van der Waals surface area contributed by atoms with Crippen molar-refractivity contribution in [1.82, 2.24) is 0 Å². The van der Waals surface area contributed by atoms with Crippen molar-refractivity contribution in [2.45, 2.75) is 6.92 Å². The molecule has 0 aliphatic rings. The van der Waals surface area contributed by atoms with Gasteiger partial charge in [0.25, 0.3) is 0 Å². The minimum absolute atomic E-state index is 0.560. The fourth-order valence-corrected chi connectivity index (χ4v) is 1.82. The molecule has 0 saturated carbocycles. The van der Waals surface area contributed by atoms with Crippen molar-refractivity contribution in [3.05, 3.63) is 59.7 Å². The van der Waals surface area contributed by atoms with E-state index in [4.69, 9.17) is 14.2 Å². The van der Waals surface area contributed by atoms with Crippen LogP contribution in [0.1, 0.15) is 18.1 Å². The Morgan fingerprint density at radius 2 is 1.32 bits per heavy atom. The van der Waals surface area contributed by atoms with Crippen LogP contribution in [0.15, 0.2) is 48.5 Å². The standard InChI is InChI=1S/C19H20O3/c1-3-21-14-15-22-19-12-8-17(9-13-19)5-4-16-6-10-18(20-2)11-7-16/h6-13H,3,14-15H2,1-2H3. The van der Waals surface area contributed by atoms with E-state index in [2.05, 4.69) is 11.8 Å². The van der Waals surface area contributed by atoms with E-state index in [9.17, 15) is 0 Å². The summed E-state index contributed by atoms with van der Waals surface area (Å²) in [7, 11) is 1.65. The van der Waals surface area contributed by atoms with Gasteiger partial charge >= 0.3 is 0 Å². The molecule has 0 fully saturated rings. The lowest BCUT2D eigenvalue weighted by molar-refractivity contribution is 0.110. The van der Waals surface area contributed by atoms with Crippen LogP contribution in [0, 0.1) is 11.8 Å². The van der Waals surface area contributed by atoms with E-state index in [0.29, 0.717) is 19.8 Å². The molecule has 2 rings (SSSR count). The lowest BCUT2D eigenvalue weighted by atomic mass is 10.2. The molecular weight excluding hydrogens is 276 g/mol. The molecule has 0 aliphatic carbocycles. The first-order chi connectivity index (χ1) is 10.8. The first-order valence-electron chi connectivity index (χ1n) is 7.28. The first-order valence-corrected chi connectivity index (χ1v) is 7.28. The van der Waals surface area contributed by atoms with E-state index in [1.165, 1.54) is 0 Å². The Hall–Kier alpha value is -2.44. The summed E-state index contributed by atoms with van der Waals surface area (Å²) in [4.78, 5) is 0. The van der Waals surface area contributed by atoms with Crippen LogP contribution in [0.5, 0.6) is 11.5 Å². The van der Waals surface area contributed by atoms with E-state index in [1.54, 1.807) is 7.11 Å². The molecule has 0 atom stereocenters. The van der Waals surface area contributed by atoms with Gasteiger partial charge in [-0.1, -0.05) is 11.8 Å². The molecule has 3 heteroatoms. The predicted octanol–water partition coefficient (Wildman–Crippen LogP) is 3.51. The lowest BCUT2D eigenvalue weighted by Crippen LogP contribution is -2.06. The van der Waals surface area contributed by atoms with Crippen LogP contribution >= 0.6 is 0 Å². The van der Waals surface area contributed by atoms with Crippen molar-refractivity contribution in [3.63, 3.8) is 0 Å². The third kappa shape index (κ3) is 5.16. The molecule has 0 amide bonds. The maximum Gasteiger partial charge on any atom is 0.119 e. The molecule has 22 heavy (non-hydrogen) atoms. The highest BCUT2D eigenvalue weighted by atomic mass is 16.5. The number of hydrogen-bond acceptors (Lipinski definition) is 3. The van der Waals surface area contributed by atoms with Gasteiger partial charge in [-0.15, -0.1) is 0 Å². The van der Waals surface area contributed by atoms with E-state index in [0.717, 1.165) is 22.6 Å². The fourth-order valence-electron chi connectivity index (χ4n) is 1.82. The van der Waals surface area contributed by atoms with E-state index < -0.39 is 0 Å². The predicted molar refractivity (Wildman–Crippen MR) is 87.4 cm³/mol. The van der Waals surface area contributed by atoms with Crippen LogP contribution in [0.4, 0.5) is 0 Å². The third-order valence-electron chi connectivity index (χ3n) is 3.00. The summed E-state index contributed by atoms with van der Waals surface area (Å²) in [6.07, 6.45) is 0. The summed E-state index contributed by atoms with van der Waals surface area (Å²) in [5, 5.41) is 0. The van der Waals surface area contributed by atoms with Crippen molar-refractivity contribution in [2.24, 2.45) is 0 Å². The van der Waals surface area contributed by atoms with Gasteiger partial charge in [0.05, 0.1) is 13.7 Å². The number of rotatable bonds is 6. The molecule has 0 aliphatic heterocycles. The molecule has 0 radical (unpaired) electrons. The van der Waals surface area contributed by atoms with Crippen LogP contribution < -0.4 is 9.47 Å².